The number of halogens is 1. The molecule has 0 aliphatic heterocycles. The Morgan fingerprint density at radius 2 is 2.12 bits per heavy atom. The summed E-state index contributed by atoms with van der Waals surface area (Å²) in [5.74, 6) is 0.670. The summed E-state index contributed by atoms with van der Waals surface area (Å²) in [6.07, 6.45) is 1.10. The standard InChI is InChI=1S/C12H20BrNOS/c1-8(2)4-5-15-12(9(3)14)11-6-10(13)7-16-11/h6-9,12H,4-5,14H2,1-3H3. The van der Waals surface area contributed by atoms with E-state index in [-0.39, 0.29) is 12.1 Å². The fourth-order valence-electron chi connectivity index (χ4n) is 1.40. The van der Waals surface area contributed by atoms with Crippen molar-refractivity contribution in [1.29, 1.82) is 0 Å². The molecule has 92 valence electrons. The van der Waals surface area contributed by atoms with Gasteiger partial charge in [-0.05, 0) is 41.3 Å². The molecule has 0 aliphatic carbocycles. The van der Waals surface area contributed by atoms with Gasteiger partial charge < -0.3 is 10.5 Å². The number of nitrogens with two attached hydrogens (primary N) is 1. The average molecular weight is 306 g/mol. The van der Waals surface area contributed by atoms with Gasteiger partial charge in [-0.15, -0.1) is 11.3 Å². The molecule has 2 N–H and O–H groups in total. The van der Waals surface area contributed by atoms with E-state index < -0.39 is 0 Å². The maximum Gasteiger partial charge on any atom is 0.106 e. The molecule has 0 aliphatic rings. The molecule has 1 heterocycles. The molecule has 0 spiro atoms. The van der Waals surface area contributed by atoms with Crippen molar-refractivity contribution in [2.24, 2.45) is 11.7 Å². The molecule has 2 nitrogen and oxygen atoms in total. The first-order chi connectivity index (χ1) is 7.50. The van der Waals surface area contributed by atoms with Gasteiger partial charge in [0.05, 0.1) is 0 Å². The lowest BCUT2D eigenvalue weighted by Crippen LogP contribution is -2.26. The SMILES string of the molecule is CC(C)CCOC(c1cc(Br)cs1)C(C)N. The maximum atomic E-state index is 5.96. The molecule has 0 amide bonds. The highest BCUT2D eigenvalue weighted by molar-refractivity contribution is 9.10. The molecule has 0 saturated carbocycles. The summed E-state index contributed by atoms with van der Waals surface area (Å²) in [5.41, 5.74) is 5.96. The molecule has 16 heavy (non-hydrogen) atoms. The van der Waals surface area contributed by atoms with Crippen molar-refractivity contribution < 1.29 is 4.74 Å². The van der Waals surface area contributed by atoms with E-state index in [1.54, 1.807) is 11.3 Å². The van der Waals surface area contributed by atoms with Gasteiger partial charge in [0.1, 0.15) is 6.10 Å². The lowest BCUT2D eigenvalue weighted by molar-refractivity contribution is 0.0344. The minimum atomic E-state index is 0.0232. The van der Waals surface area contributed by atoms with Crippen LogP contribution < -0.4 is 5.73 Å². The molecule has 0 fully saturated rings. The summed E-state index contributed by atoms with van der Waals surface area (Å²) >= 11 is 5.15. The predicted octanol–water partition coefficient (Wildman–Crippen LogP) is 3.96. The fraction of sp³-hybridized carbons (Fsp3) is 0.667. The molecule has 1 rings (SSSR count). The fourth-order valence-corrected chi connectivity index (χ4v) is 3.01. The Bertz CT molecular complexity index is 312. The summed E-state index contributed by atoms with van der Waals surface area (Å²) in [5, 5.41) is 2.07. The van der Waals surface area contributed by atoms with Crippen LogP contribution in [-0.2, 0) is 4.74 Å². The summed E-state index contributed by atoms with van der Waals surface area (Å²) in [7, 11) is 0. The van der Waals surface area contributed by atoms with Crippen molar-refractivity contribution in [2.75, 3.05) is 6.61 Å². The summed E-state index contributed by atoms with van der Waals surface area (Å²) < 4.78 is 6.98. The molecule has 1 aromatic rings. The van der Waals surface area contributed by atoms with Crippen molar-refractivity contribution >= 4 is 27.3 Å². The van der Waals surface area contributed by atoms with E-state index >= 15 is 0 Å². The monoisotopic (exact) mass is 305 g/mol. The van der Waals surface area contributed by atoms with Crippen molar-refractivity contribution in [1.82, 2.24) is 0 Å². The van der Waals surface area contributed by atoms with Crippen LogP contribution >= 0.6 is 27.3 Å². The topological polar surface area (TPSA) is 35.2 Å². The van der Waals surface area contributed by atoms with Gasteiger partial charge in [-0.3, -0.25) is 0 Å². The third-order valence-corrected chi connectivity index (χ3v) is 4.09. The minimum absolute atomic E-state index is 0.0232. The number of ether oxygens (including phenoxy) is 1. The summed E-state index contributed by atoms with van der Waals surface area (Å²) in [4.78, 5) is 1.20. The molecule has 2 unspecified atom stereocenters. The molecule has 2 atom stereocenters. The molecule has 0 radical (unpaired) electrons. The summed E-state index contributed by atoms with van der Waals surface area (Å²) in [6.45, 7) is 7.17. The molecule has 4 heteroatoms. The van der Waals surface area contributed by atoms with Gasteiger partial charge in [-0.25, -0.2) is 0 Å². The van der Waals surface area contributed by atoms with Gasteiger partial charge in [0.15, 0.2) is 0 Å². The normalized spacial score (nSPS) is 15.4. The second-order valence-electron chi connectivity index (χ2n) is 4.50. The molecular formula is C12H20BrNOS. The molecule has 0 saturated heterocycles. The highest BCUT2D eigenvalue weighted by Gasteiger charge is 2.18. The first-order valence-electron chi connectivity index (χ1n) is 5.61. The van der Waals surface area contributed by atoms with E-state index in [2.05, 4.69) is 41.2 Å². The minimum Gasteiger partial charge on any atom is -0.371 e. The maximum absolute atomic E-state index is 5.96. The predicted molar refractivity (Wildman–Crippen MR) is 73.8 cm³/mol. The van der Waals surface area contributed by atoms with Gasteiger partial charge in [0.25, 0.3) is 0 Å². The van der Waals surface area contributed by atoms with Crippen LogP contribution in [0.1, 0.15) is 38.2 Å². The van der Waals surface area contributed by atoms with Crippen molar-refractivity contribution in [2.45, 2.75) is 39.3 Å². The lowest BCUT2D eigenvalue weighted by atomic mass is 10.1. The Morgan fingerprint density at radius 1 is 1.44 bits per heavy atom. The van der Waals surface area contributed by atoms with Gasteiger partial charge in [-0.2, -0.15) is 0 Å². The van der Waals surface area contributed by atoms with Crippen LogP contribution in [0.2, 0.25) is 0 Å². The highest BCUT2D eigenvalue weighted by atomic mass is 79.9. The number of hydrogen-bond acceptors (Lipinski definition) is 3. The largest absolute Gasteiger partial charge is 0.371 e. The van der Waals surface area contributed by atoms with Crippen LogP contribution in [0.4, 0.5) is 0 Å². The van der Waals surface area contributed by atoms with E-state index in [9.17, 15) is 0 Å². The van der Waals surface area contributed by atoms with Crippen LogP contribution in [0.5, 0.6) is 0 Å². The van der Waals surface area contributed by atoms with Crippen molar-refractivity contribution in [3.05, 3.63) is 20.8 Å². The number of thiophene rings is 1. The van der Waals surface area contributed by atoms with Gasteiger partial charge >= 0.3 is 0 Å². The average Bonchev–Trinajstić information content (AvgIpc) is 2.58. The third-order valence-electron chi connectivity index (χ3n) is 2.34. The van der Waals surface area contributed by atoms with Crippen LogP contribution in [0.3, 0.4) is 0 Å². The Kier molecular flexibility index (Phi) is 5.97. The Balaban J connectivity index is 2.55. The van der Waals surface area contributed by atoms with E-state index in [1.165, 1.54) is 4.88 Å². The second-order valence-corrected chi connectivity index (χ2v) is 6.36. The molecule has 0 aromatic carbocycles. The van der Waals surface area contributed by atoms with Crippen LogP contribution in [-0.4, -0.2) is 12.6 Å². The van der Waals surface area contributed by atoms with E-state index in [1.807, 2.05) is 6.92 Å². The Hall–Kier alpha value is 0.1000. The zero-order chi connectivity index (χ0) is 12.1. The Morgan fingerprint density at radius 3 is 2.56 bits per heavy atom. The molecule has 0 bridgehead atoms. The molecule has 1 aromatic heterocycles. The van der Waals surface area contributed by atoms with Crippen molar-refractivity contribution in [3.8, 4) is 0 Å². The first kappa shape index (κ1) is 14.2. The second kappa shape index (κ2) is 6.74. The zero-order valence-electron chi connectivity index (χ0n) is 10.1. The zero-order valence-corrected chi connectivity index (χ0v) is 12.5. The van der Waals surface area contributed by atoms with E-state index in [0.29, 0.717) is 5.92 Å². The van der Waals surface area contributed by atoms with Gasteiger partial charge in [0.2, 0.25) is 0 Å². The van der Waals surface area contributed by atoms with Gasteiger partial charge in [0, 0.05) is 27.4 Å². The van der Waals surface area contributed by atoms with Crippen molar-refractivity contribution in [3.63, 3.8) is 0 Å². The lowest BCUT2D eigenvalue weighted by Gasteiger charge is -2.20. The Labute approximate surface area is 110 Å². The number of hydrogen-bond donors (Lipinski definition) is 1. The number of rotatable bonds is 6. The quantitative estimate of drug-likeness (QED) is 0.863. The summed E-state index contributed by atoms with van der Waals surface area (Å²) in [6, 6.07) is 2.12. The highest BCUT2D eigenvalue weighted by Crippen LogP contribution is 2.29. The van der Waals surface area contributed by atoms with Crippen LogP contribution in [0.15, 0.2) is 15.9 Å². The van der Waals surface area contributed by atoms with Gasteiger partial charge in [-0.1, -0.05) is 13.8 Å². The molecular weight excluding hydrogens is 286 g/mol. The smallest absolute Gasteiger partial charge is 0.106 e. The van der Waals surface area contributed by atoms with E-state index in [4.69, 9.17) is 10.5 Å². The third kappa shape index (κ3) is 4.53. The van der Waals surface area contributed by atoms with Crippen LogP contribution in [0, 0.1) is 5.92 Å². The first-order valence-corrected chi connectivity index (χ1v) is 7.29. The van der Waals surface area contributed by atoms with E-state index in [0.717, 1.165) is 17.5 Å². The van der Waals surface area contributed by atoms with Crippen LogP contribution in [0.25, 0.3) is 0 Å².